The third kappa shape index (κ3) is 2.06. The summed E-state index contributed by atoms with van der Waals surface area (Å²) in [6.45, 7) is 2.12. The van der Waals surface area contributed by atoms with Crippen LogP contribution in [-0.4, -0.2) is 33.0 Å². The van der Waals surface area contributed by atoms with Crippen LogP contribution in [-0.2, 0) is 6.42 Å². The summed E-state index contributed by atoms with van der Waals surface area (Å²) in [7, 11) is 0. The van der Waals surface area contributed by atoms with Crippen LogP contribution in [0.4, 0.5) is 5.82 Å². The van der Waals surface area contributed by atoms with Crippen LogP contribution in [0, 0.1) is 5.92 Å². The van der Waals surface area contributed by atoms with Gasteiger partial charge in [-0.25, -0.2) is 15.0 Å². The van der Waals surface area contributed by atoms with E-state index in [0.717, 1.165) is 36.4 Å². The van der Waals surface area contributed by atoms with Gasteiger partial charge in [0.15, 0.2) is 0 Å². The monoisotopic (exact) mass is 285 g/mol. The number of rotatable bonds is 3. The second kappa shape index (κ2) is 4.86. The van der Waals surface area contributed by atoms with E-state index in [-0.39, 0.29) is 0 Å². The highest BCUT2D eigenvalue weighted by Gasteiger charge is 2.25. The van der Waals surface area contributed by atoms with Gasteiger partial charge in [-0.15, -0.1) is 11.3 Å². The SMILES string of the molecule is c1csc(C[C@H]2CCN(c3ncnc4[nH]ccc34)C2)n1. The van der Waals surface area contributed by atoms with Crippen LogP contribution < -0.4 is 4.90 Å². The quantitative estimate of drug-likeness (QED) is 0.803. The van der Waals surface area contributed by atoms with Crippen molar-refractivity contribution in [3.8, 4) is 0 Å². The van der Waals surface area contributed by atoms with E-state index in [9.17, 15) is 0 Å². The highest BCUT2D eigenvalue weighted by atomic mass is 32.1. The van der Waals surface area contributed by atoms with Gasteiger partial charge in [0, 0.05) is 37.3 Å². The third-order valence-corrected chi connectivity index (χ3v) is 4.67. The van der Waals surface area contributed by atoms with E-state index in [0.29, 0.717) is 5.92 Å². The standard InChI is InChI=1S/C14H15N5S/c1-3-16-13-11(1)14(18-9-17-13)19-5-2-10(8-19)7-12-15-4-6-20-12/h1,3-4,6,9-10H,2,5,7-8H2,(H,16,17,18)/t10-/m1/s1. The number of fused-ring (bicyclic) bond motifs is 1. The lowest BCUT2D eigenvalue weighted by Crippen LogP contribution is -2.21. The Hall–Kier alpha value is -1.95. The van der Waals surface area contributed by atoms with Crippen LogP contribution in [0.3, 0.4) is 0 Å². The third-order valence-electron chi connectivity index (χ3n) is 3.87. The molecule has 1 saturated heterocycles. The van der Waals surface area contributed by atoms with Gasteiger partial charge in [-0.2, -0.15) is 0 Å². The molecule has 0 aliphatic carbocycles. The van der Waals surface area contributed by atoms with Crippen molar-refractivity contribution < 1.29 is 0 Å². The van der Waals surface area contributed by atoms with Crippen LogP contribution in [0.1, 0.15) is 11.4 Å². The van der Waals surface area contributed by atoms with Gasteiger partial charge in [0.25, 0.3) is 0 Å². The van der Waals surface area contributed by atoms with E-state index in [1.54, 1.807) is 17.7 Å². The molecule has 1 fully saturated rings. The van der Waals surface area contributed by atoms with Gasteiger partial charge < -0.3 is 9.88 Å². The van der Waals surface area contributed by atoms with Crippen molar-refractivity contribution in [2.75, 3.05) is 18.0 Å². The fourth-order valence-electron chi connectivity index (χ4n) is 2.90. The van der Waals surface area contributed by atoms with Crippen LogP contribution in [0.2, 0.25) is 0 Å². The van der Waals surface area contributed by atoms with Crippen molar-refractivity contribution in [2.45, 2.75) is 12.8 Å². The number of hydrogen-bond acceptors (Lipinski definition) is 5. The molecule has 0 spiro atoms. The maximum Gasteiger partial charge on any atom is 0.142 e. The Labute approximate surface area is 120 Å². The Bertz CT molecular complexity index is 705. The molecule has 6 heteroatoms. The first-order valence-corrected chi connectivity index (χ1v) is 7.69. The summed E-state index contributed by atoms with van der Waals surface area (Å²) in [4.78, 5) is 18.6. The number of aromatic nitrogens is 4. The Morgan fingerprint density at radius 2 is 2.35 bits per heavy atom. The number of hydrogen-bond donors (Lipinski definition) is 1. The van der Waals surface area contributed by atoms with Gasteiger partial charge >= 0.3 is 0 Å². The molecule has 4 heterocycles. The van der Waals surface area contributed by atoms with Crippen LogP contribution in [0.15, 0.2) is 30.2 Å². The van der Waals surface area contributed by atoms with Crippen molar-refractivity contribution in [2.24, 2.45) is 5.92 Å². The van der Waals surface area contributed by atoms with E-state index < -0.39 is 0 Å². The van der Waals surface area contributed by atoms with Crippen molar-refractivity contribution in [1.29, 1.82) is 0 Å². The average Bonchev–Trinajstić information content (AvgIpc) is 3.19. The molecule has 1 N–H and O–H groups in total. The molecule has 0 aromatic carbocycles. The minimum absolute atomic E-state index is 0.671. The zero-order valence-corrected chi connectivity index (χ0v) is 11.8. The van der Waals surface area contributed by atoms with E-state index >= 15 is 0 Å². The molecule has 0 saturated carbocycles. The van der Waals surface area contributed by atoms with E-state index in [4.69, 9.17) is 0 Å². The molecular formula is C14H15N5S. The average molecular weight is 285 g/mol. The molecule has 0 radical (unpaired) electrons. The summed E-state index contributed by atoms with van der Waals surface area (Å²) in [6.07, 6.45) is 7.74. The van der Waals surface area contributed by atoms with Gasteiger partial charge in [-0.3, -0.25) is 0 Å². The second-order valence-electron chi connectivity index (χ2n) is 5.17. The number of thiazole rings is 1. The number of anilines is 1. The maximum atomic E-state index is 4.47. The molecule has 4 rings (SSSR count). The summed E-state index contributed by atoms with van der Waals surface area (Å²) in [6, 6.07) is 2.05. The molecule has 102 valence electrons. The van der Waals surface area contributed by atoms with E-state index in [1.165, 1.54) is 11.4 Å². The summed E-state index contributed by atoms with van der Waals surface area (Å²) < 4.78 is 0. The van der Waals surface area contributed by atoms with Crippen molar-refractivity contribution in [1.82, 2.24) is 19.9 Å². The fourth-order valence-corrected chi connectivity index (χ4v) is 3.64. The zero-order chi connectivity index (χ0) is 13.4. The predicted octanol–water partition coefficient (Wildman–Crippen LogP) is 2.48. The number of nitrogens with one attached hydrogen (secondary N) is 1. The van der Waals surface area contributed by atoms with Crippen molar-refractivity contribution >= 4 is 28.2 Å². The predicted molar refractivity (Wildman–Crippen MR) is 80.0 cm³/mol. The minimum atomic E-state index is 0.671. The Balaban J connectivity index is 1.54. The largest absolute Gasteiger partial charge is 0.356 e. The molecule has 3 aromatic heterocycles. The van der Waals surface area contributed by atoms with Gasteiger partial charge in [0.1, 0.15) is 17.8 Å². The van der Waals surface area contributed by atoms with Crippen molar-refractivity contribution in [3.05, 3.63) is 35.2 Å². The molecule has 1 aliphatic rings. The van der Waals surface area contributed by atoms with Crippen LogP contribution >= 0.6 is 11.3 Å². The highest BCUT2D eigenvalue weighted by molar-refractivity contribution is 7.09. The molecule has 1 atom stereocenters. The Morgan fingerprint density at radius 3 is 3.25 bits per heavy atom. The van der Waals surface area contributed by atoms with E-state index in [2.05, 4.69) is 36.3 Å². The summed E-state index contributed by atoms with van der Waals surface area (Å²) in [5.74, 6) is 1.72. The fraction of sp³-hybridized carbons (Fsp3) is 0.357. The topological polar surface area (TPSA) is 57.7 Å². The summed E-state index contributed by atoms with van der Waals surface area (Å²) in [5.41, 5.74) is 0.915. The first-order chi connectivity index (χ1) is 9.90. The highest BCUT2D eigenvalue weighted by Crippen LogP contribution is 2.29. The lowest BCUT2D eigenvalue weighted by atomic mass is 10.1. The molecule has 0 amide bonds. The second-order valence-corrected chi connectivity index (χ2v) is 6.15. The van der Waals surface area contributed by atoms with Gasteiger partial charge in [0.05, 0.1) is 10.4 Å². The number of H-pyrrole nitrogens is 1. The summed E-state index contributed by atoms with van der Waals surface area (Å²) in [5, 5.41) is 4.41. The van der Waals surface area contributed by atoms with Crippen LogP contribution in [0.25, 0.3) is 11.0 Å². The van der Waals surface area contributed by atoms with E-state index in [1.807, 2.05) is 12.4 Å². The smallest absolute Gasteiger partial charge is 0.142 e. The van der Waals surface area contributed by atoms with Crippen molar-refractivity contribution in [3.63, 3.8) is 0 Å². The van der Waals surface area contributed by atoms with Gasteiger partial charge in [0.2, 0.25) is 0 Å². The lowest BCUT2D eigenvalue weighted by Gasteiger charge is -2.17. The van der Waals surface area contributed by atoms with Crippen LogP contribution in [0.5, 0.6) is 0 Å². The zero-order valence-electron chi connectivity index (χ0n) is 11.0. The van der Waals surface area contributed by atoms with Gasteiger partial charge in [-0.05, 0) is 18.4 Å². The molecule has 5 nitrogen and oxygen atoms in total. The Morgan fingerprint density at radius 1 is 1.35 bits per heavy atom. The molecule has 0 unspecified atom stereocenters. The maximum absolute atomic E-state index is 4.47. The lowest BCUT2D eigenvalue weighted by molar-refractivity contribution is 0.584. The Kier molecular flexibility index (Phi) is 2.88. The number of aromatic amines is 1. The molecule has 0 bridgehead atoms. The number of nitrogens with zero attached hydrogens (tertiary/aromatic N) is 4. The molecule has 20 heavy (non-hydrogen) atoms. The molecule has 1 aliphatic heterocycles. The normalized spacial score (nSPS) is 19.0. The van der Waals surface area contributed by atoms with Gasteiger partial charge in [-0.1, -0.05) is 0 Å². The first-order valence-electron chi connectivity index (χ1n) is 6.81. The molecule has 3 aromatic rings. The summed E-state index contributed by atoms with van der Waals surface area (Å²) >= 11 is 1.75. The molecular weight excluding hydrogens is 270 g/mol. The first kappa shape index (κ1) is 11.8. The minimum Gasteiger partial charge on any atom is -0.356 e.